The highest BCUT2D eigenvalue weighted by molar-refractivity contribution is 7.98. The number of rotatable bonds is 8. The Bertz CT molecular complexity index is 484. The first kappa shape index (κ1) is 17.8. The fourth-order valence-corrected chi connectivity index (χ4v) is 2.66. The second kappa shape index (κ2) is 9.64. The van der Waals surface area contributed by atoms with Gasteiger partial charge in [0.2, 0.25) is 0 Å². The molecule has 0 aliphatic heterocycles. The molecule has 0 unspecified atom stereocenters. The van der Waals surface area contributed by atoms with Gasteiger partial charge in [-0.25, -0.2) is 5.06 Å². The molecule has 21 heavy (non-hydrogen) atoms. The van der Waals surface area contributed by atoms with Crippen molar-refractivity contribution in [2.24, 2.45) is 0 Å². The molecule has 0 bridgehead atoms. The quantitative estimate of drug-likeness (QED) is 0.254. The Balaban J connectivity index is 2.78. The van der Waals surface area contributed by atoms with Crippen LogP contribution >= 0.6 is 11.8 Å². The minimum Gasteiger partial charge on any atom is -0.286 e. The van der Waals surface area contributed by atoms with Crippen LogP contribution in [0.4, 0.5) is 0 Å². The molecular weight excluding hydrogens is 282 g/mol. The monoisotopic (exact) mass is 307 g/mol. The van der Waals surface area contributed by atoms with Crippen LogP contribution in [-0.2, 0) is 11.2 Å². The third-order valence-electron chi connectivity index (χ3n) is 3.34. The average molecular weight is 307 g/mol. The molecule has 1 amide bonds. The van der Waals surface area contributed by atoms with Crippen molar-refractivity contribution in [3.63, 3.8) is 0 Å². The molecule has 1 aromatic rings. The average Bonchev–Trinajstić information content (AvgIpc) is 2.49. The van der Waals surface area contributed by atoms with Crippen LogP contribution in [0.25, 0.3) is 6.08 Å². The molecule has 0 fully saturated rings. The van der Waals surface area contributed by atoms with Gasteiger partial charge in [-0.3, -0.25) is 10.0 Å². The van der Waals surface area contributed by atoms with Gasteiger partial charge < -0.3 is 0 Å². The van der Waals surface area contributed by atoms with Gasteiger partial charge >= 0.3 is 0 Å². The number of amides is 1. The highest BCUT2D eigenvalue weighted by Crippen LogP contribution is 2.24. The summed E-state index contributed by atoms with van der Waals surface area (Å²) in [6, 6.07) is 6.40. The van der Waals surface area contributed by atoms with E-state index in [2.05, 4.69) is 25.1 Å². The number of carbonyl (C=O) groups is 1. The minimum atomic E-state index is -0.421. The van der Waals surface area contributed by atoms with Crippen molar-refractivity contribution in [3.05, 3.63) is 35.4 Å². The Kier molecular flexibility index (Phi) is 8.16. The Morgan fingerprint density at radius 3 is 2.71 bits per heavy atom. The van der Waals surface area contributed by atoms with Crippen LogP contribution in [-0.4, -0.2) is 29.5 Å². The summed E-state index contributed by atoms with van der Waals surface area (Å²) in [5.74, 6) is -0.421. The van der Waals surface area contributed by atoms with Gasteiger partial charge in [-0.15, -0.1) is 11.8 Å². The van der Waals surface area contributed by atoms with E-state index in [0.717, 1.165) is 16.9 Å². The van der Waals surface area contributed by atoms with Crippen LogP contribution in [0.3, 0.4) is 0 Å². The normalized spacial score (nSPS) is 11.0. The number of likely N-dealkylation sites (N-methyl/N-ethyl adjacent to an activating group) is 1. The molecule has 4 heteroatoms. The Morgan fingerprint density at radius 2 is 2.10 bits per heavy atom. The molecule has 1 rings (SSSR count). The van der Waals surface area contributed by atoms with E-state index in [-0.39, 0.29) is 0 Å². The van der Waals surface area contributed by atoms with Crippen LogP contribution in [0.1, 0.15) is 43.7 Å². The summed E-state index contributed by atoms with van der Waals surface area (Å²) in [6.07, 6.45) is 11.3. The van der Waals surface area contributed by atoms with Crippen LogP contribution in [0.5, 0.6) is 0 Å². The fourth-order valence-electron chi connectivity index (χ4n) is 2.09. The Morgan fingerprint density at radius 1 is 1.33 bits per heavy atom. The molecule has 0 aliphatic carbocycles. The molecule has 0 saturated carbocycles. The maximum absolute atomic E-state index is 11.4. The number of aryl methyl sites for hydroxylation is 1. The van der Waals surface area contributed by atoms with Gasteiger partial charge in [0.15, 0.2) is 0 Å². The molecule has 116 valence electrons. The molecule has 1 aromatic carbocycles. The highest BCUT2D eigenvalue weighted by Gasteiger charge is 2.04. The van der Waals surface area contributed by atoms with Crippen LogP contribution in [0.2, 0.25) is 0 Å². The number of unbranched alkanes of at least 4 members (excludes halogenated alkanes) is 3. The van der Waals surface area contributed by atoms with E-state index in [1.807, 2.05) is 6.26 Å². The zero-order chi connectivity index (χ0) is 15.7. The maximum atomic E-state index is 11.4. The third-order valence-corrected chi connectivity index (χ3v) is 4.15. The summed E-state index contributed by atoms with van der Waals surface area (Å²) in [5.41, 5.74) is 2.33. The molecule has 0 aromatic heterocycles. The first-order valence-electron chi connectivity index (χ1n) is 7.40. The smallest absolute Gasteiger partial charge is 0.269 e. The van der Waals surface area contributed by atoms with Crippen LogP contribution in [0.15, 0.2) is 29.2 Å². The number of hydroxylamine groups is 2. The maximum Gasteiger partial charge on any atom is 0.269 e. The minimum absolute atomic E-state index is 0.421. The van der Waals surface area contributed by atoms with Gasteiger partial charge in [0.1, 0.15) is 0 Å². The summed E-state index contributed by atoms with van der Waals surface area (Å²) in [6.45, 7) is 2.21. The zero-order valence-electron chi connectivity index (χ0n) is 13.1. The summed E-state index contributed by atoms with van der Waals surface area (Å²) >= 11 is 1.66. The van der Waals surface area contributed by atoms with Crippen molar-refractivity contribution in [2.45, 2.75) is 43.9 Å². The van der Waals surface area contributed by atoms with Gasteiger partial charge in [-0.2, -0.15) is 0 Å². The van der Waals surface area contributed by atoms with E-state index in [4.69, 9.17) is 5.21 Å². The lowest BCUT2D eigenvalue weighted by Crippen LogP contribution is -2.19. The predicted molar refractivity (Wildman–Crippen MR) is 89.7 cm³/mol. The first-order chi connectivity index (χ1) is 10.1. The molecule has 0 radical (unpaired) electrons. The molecule has 0 atom stereocenters. The van der Waals surface area contributed by atoms with E-state index in [1.54, 1.807) is 17.8 Å². The van der Waals surface area contributed by atoms with Crippen molar-refractivity contribution in [2.75, 3.05) is 13.3 Å². The van der Waals surface area contributed by atoms with Crippen molar-refractivity contribution >= 4 is 23.7 Å². The largest absolute Gasteiger partial charge is 0.286 e. The summed E-state index contributed by atoms with van der Waals surface area (Å²) < 4.78 is 0. The Hall–Kier alpha value is -1.26. The second-order valence-corrected chi connectivity index (χ2v) is 5.93. The predicted octanol–water partition coefficient (Wildman–Crippen LogP) is 4.39. The zero-order valence-corrected chi connectivity index (χ0v) is 13.9. The molecular formula is C17H25NO2S. The number of hydrogen-bond donors (Lipinski definition) is 1. The third kappa shape index (κ3) is 6.36. The van der Waals surface area contributed by atoms with Gasteiger partial charge in [-0.05, 0) is 42.4 Å². The second-order valence-electron chi connectivity index (χ2n) is 5.08. The van der Waals surface area contributed by atoms with Gasteiger partial charge in [0.05, 0.1) is 0 Å². The van der Waals surface area contributed by atoms with Crippen molar-refractivity contribution in [3.8, 4) is 0 Å². The van der Waals surface area contributed by atoms with E-state index < -0.39 is 5.91 Å². The summed E-state index contributed by atoms with van der Waals surface area (Å²) in [4.78, 5) is 12.6. The van der Waals surface area contributed by atoms with Crippen molar-refractivity contribution < 1.29 is 10.0 Å². The number of thioether (sulfide) groups is 1. The lowest BCUT2D eigenvalue weighted by Gasteiger charge is -2.08. The molecule has 0 heterocycles. The van der Waals surface area contributed by atoms with Gasteiger partial charge in [0, 0.05) is 18.0 Å². The molecule has 3 nitrogen and oxygen atoms in total. The Labute approximate surface area is 132 Å². The molecule has 0 aliphatic rings. The topological polar surface area (TPSA) is 40.5 Å². The van der Waals surface area contributed by atoms with E-state index in [9.17, 15) is 4.79 Å². The summed E-state index contributed by atoms with van der Waals surface area (Å²) in [7, 11) is 1.33. The van der Waals surface area contributed by atoms with Crippen molar-refractivity contribution in [1.82, 2.24) is 5.06 Å². The van der Waals surface area contributed by atoms with Crippen LogP contribution < -0.4 is 0 Å². The van der Waals surface area contributed by atoms with E-state index >= 15 is 0 Å². The van der Waals surface area contributed by atoms with E-state index in [1.165, 1.54) is 44.4 Å². The lowest BCUT2D eigenvalue weighted by atomic mass is 10.0. The molecule has 0 saturated heterocycles. The lowest BCUT2D eigenvalue weighted by molar-refractivity contribution is -0.153. The standard InChI is InChI=1S/C17H25NO2S/c1-4-5-6-7-8-14-9-11-16(21-3)15(13-14)10-12-17(19)18(2)20/h9-13,20H,4-8H2,1-3H3/b12-10+. The van der Waals surface area contributed by atoms with E-state index in [0.29, 0.717) is 5.06 Å². The number of carbonyl (C=O) groups excluding carboxylic acids is 1. The SMILES string of the molecule is CCCCCCc1ccc(SC)c(/C=C/C(=O)N(C)O)c1. The molecule has 0 spiro atoms. The highest BCUT2D eigenvalue weighted by atomic mass is 32.2. The van der Waals surface area contributed by atoms with Gasteiger partial charge in [-0.1, -0.05) is 38.3 Å². The number of benzene rings is 1. The summed E-state index contributed by atoms with van der Waals surface area (Å²) in [5, 5.41) is 9.66. The van der Waals surface area contributed by atoms with Gasteiger partial charge in [0.25, 0.3) is 5.91 Å². The number of nitrogens with zero attached hydrogens (tertiary/aromatic N) is 1. The van der Waals surface area contributed by atoms with Crippen LogP contribution in [0, 0.1) is 0 Å². The number of hydrogen-bond acceptors (Lipinski definition) is 3. The molecule has 1 N–H and O–H groups in total. The van der Waals surface area contributed by atoms with Crippen molar-refractivity contribution in [1.29, 1.82) is 0 Å². The fraction of sp³-hybridized carbons (Fsp3) is 0.471. The first-order valence-corrected chi connectivity index (χ1v) is 8.62.